The van der Waals surface area contributed by atoms with Gasteiger partial charge in [-0.3, -0.25) is 4.99 Å². The van der Waals surface area contributed by atoms with Gasteiger partial charge in [0.25, 0.3) is 0 Å². The number of nitrogens with zero attached hydrogens (tertiary/aromatic N) is 1. The lowest BCUT2D eigenvalue weighted by atomic mass is 10.1. The fourth-order valence-corrected chi connectivity index (χ4v) is 3.15. The molecule has 1 heterocycles. The Labute approximate surface area is 133 Å². The van der Waals surface area contributed by atoms with E-state index in [1.54, 1.807) is 6.07 Å². The van der Waals surface area contributed by atoms with Gasteiger partial charge in [-0.25, -0.2) is 0 Å². The summed E-state index contributed by atoms with van der Waals surface area (Å²) in [7, 11) is 0. The van der Waals surface area contributed by atoms with Gasteiger partial charge >= 0.3 is 6.36 Å². The number of hydrogen-bond acceptors (Lipinski definition) is 4. The number of thioether (sulfide) groups is 1. The lowest BCUT2D eigenvalue weighted by molar-refractivity contribution is -0.274. The Bertz CT molecular complexity index is 551. The van der Waals surface area contributed by atoms with E-state index in [0.29, 0.717) is 15.6 Å². The van der Waals surface area contributed by atoms with Gasteiger partial charge in [-0.2, -0.15) is 0 Å². The van der Waals surface area contributed by atoms with E-state index in [4.69, 9.17) is 0 Å². The average molecular weight is 383 g/mol. The topological polar surface area (TPSA) is 33.6 Å². The minimum absolute atomic E-state index is 0.135. The van der Waals surface area contributed by atoms with Crippen molar-refractivity contribution in [2.75, 3.05) is 11.1 Å². The van der Waals surface area contributed by atoms with Crippen LogP contribution in [-0.4, -0.2) is 23.3 Å². The van der Waals surface area contributed by atoms with Gasteiger partial charge in [0, 0.05) is 10.2 Å². The molecule has 8 heteroatoms. The molecular formula is C13H14BrF3N2OS. The molecule has 2 unspecified atom stereocenters. The molecule has 1 aromatic rings. The summed E-state index contributed by atoms with van der Waals surface area (Å²) in [5.41, 5.74) is 0.239. The maximum atomic E-state index is 12.4. The van der Waals surface area contributed by atoms with Gasteiger partial charge in [0.15, 0.2) is 10.9 Å². The monoisotopic (exact) mass is 382 g/mol. The Morgan fingerprint density at radius 1 is 1.38 bits per heavy atom. The van der Waals surface area contributed by atoms with E-state index in [9.17, 15) is 13.2 Å². The minimum atomic E-state index is -4.74. The van der Waals surface area contributed by atoms with Gasteiger partial charge in [-0.05, 0) is 31.0 Å². The second-order valence-electron chi connectivity index (χ2n) is 4.78. The van der Waals surface area contributed by atoms with Crippen molar-refractivity contribution < 1.29 is 17.9 Å². The third-order valence-electron chi connectivity index (χ3n) is 3.04. The molecule has 0 aliphatic carbocycles. The number of hydrogen-bond donors (Lipinski definition) is 1. The van der Waals surface area contributed by atoms with E-state index in [0.717, 1.165) is 5.75 Å². The van der Waals surface area contributed by atoms with Crippen molar-refractivity contribution in [3.63, 3.8) is 0 Å². The summed E-state index contributed by atoms with van der Waals surface area (Å²) in [5.74, 6) is 1.03. The molecule has 116 valence electrons. The van der Waals surface area contributed by atoms with E-state index >= 15 is 0 Å². The van der Waals surface area contributed by atoms with Crippen LogP contribution in [0.1, 0.15) is 13.8 Å². The van der Waals surface area contributed by atoms with E-state index in [1.165, 1.54) is 23.9 Å². The third kappa shape index (κ3) is 4.81. The summed E-state index contributed by atoms with van der Waals surface area (Å²) in [4.78, 5) is 4.44. The van der Waals surface area contributed by atoms with Crippen LogP contribution in [0, 0.1) is 5.92 Å². The summed E-state index contributed by atoms with van der Waals surface area (Å²) >= 11 is 4.63. The zero-order chi connectivity index (χ0) is 15.6. The fraction of sp³-hybridized carbons (Fsp3) is 0.462. The normalized spacial score (nSPS) is 22.7. The van der Waals surface area contributed by atoms with Crippen molar-refractivity contribution in [3.8, 4) is 5.75 Å². The fourth-order valence-electron chi connectivity index (χ4n) is 1.69. The lowest BCUT2D eigenvalue weighted by Gasteiger charge is -2.24. The molecule has 0 saturated heterocycles. The van der Waals surface area contributed by atoms with Crippen LogP contribution in [0.25, 0.3) is 0 Å². The first-order valence-corrected chi connectivity index (χ1v) is 8.05. The highest BCUT2D eigenvalue weighted by molar-refractivity contribution is 9.10. The maximum absolute atomic E-state index is 12.4. The average Bonchev–Trinajstić information content (AvgIpc) is 2.35. The molecule has 1 aliphatic rings. The molecule has 0 saturated carbocycles. The Morgan fingerprint density at radius 3 is 2.71 bits per heavy atom. The van der Waals surface area contributed by atoms with E-state index in [1.807, 2.05) is 6.92 Å². The molecule has 2 rings (SSSR count). The maximum Gasteiger partial charge on any atom is 0.573 e. The third-order valence-corrected chi connectivity index (χ3v) is 4.70. The first-order valence-electron chi connectivity index (χ1n) is 6.27. The smallest absolute Gasteiger partial charge is 0.404 e. The molecule has 1 aromatic carbocycles. The van der Waals surface area contributed by atoms with Crippen LogP contribution in [-0.2, 0) is 0 Å². The highest BCUT2D eigenvalue weighted by Gasteiger charge is 2.32. The highest BCUT2D eigenvalue weighted by Crippen LogP contribution is 2.34. The van der Waals surface area contributed by atoms with Crippen LogP contribution in [0.4, 0.5) is 18.9 Å². The number of halogens is 4. The molecule has 21 heavy (non-hydrogen) atoms. The zero-order valence-corrected chi connectivity index (χ0v) is 13.8. The number of rotatable bonds is 2. The first-order chi connectivity index (χ1) is 9.74. The van der Waals surface area contributed by atoms with Gasteiger partial charge in [0.1, 0.15) is 0 Å². The number of amidine groups is 1. The second-order valence-corrected chi connectivity index (χ2v) is 6.70. The van der Waals surface area contributed by atoms with Crippen molar-refractivity contribution >= 4 is 38.5 Å². The number of alkyl halides is 3. The van der Waals surface area contributed by atoms with Crippen molar-refractivity contribution in [2.24, 2.45) is 10.9 Å². The van der Waals surface area contributed by atoms with Crippen LogP contribution >= 0.6 is 27.7 Å². The van der Waals surface area contributed by atoms with Gasteiger partial charge < -0.3 is 10.1 Å². The van der Waals surface area contributed by atoms with Gasteiger partial charge in [0.2, 0.25) is 0 Å². The van der Waals surface area contributed by atoms with Crippen molar-refractivity contribution in [1.82, 2.24) is 0 Å². The zero-order valence-electron chi connectivity index (χ0n) is 11.4. The van der Waals surface area contributed by atoms with E-state index < -0.39 is 6.36 Å². The minimum Gasteiger partial charge on any atom is -0.404 e. The molecule has 1 aliphatic heterocycles. The number of ether oxygens (including phenoxy) is 1. The predicted octanol–water partition coefficient (Wildman–Crippen LogP) is 4.89. The number of aliphatic imine (C=N–C) groups is 1. The SMILES string of the molecule is CC1CSC(Nc2ccc(Br)cc2OC(F)(F)F)=NC1C. The standard InChI is InChI=1S/C13H14BrF3N2OS/c1-7-6-21-12(18-8(7)2)19-10-4-3-9(14)5-11(10)20-13(15,16)17/h3-5,7-8H,6H2,1-2H3,(H,18,19). The van der Waals surface area contributed by atoms with E-state index in [2.05, 4.69) is 37.9 Å². The molecule has 0 radical (unpaired) electrons. The molecule has 0 fully saturated rings. The molecule has 1 N–H and O–H groups in total. The van der Waals surface area contributed by atoms with Crippen LogP contribution in [0.5, 0.6) is 5.75 Å². The summed E-state index contributed by atoms with van der Waals surface area (Å²) < 4.78 is 41.9. The van der Waals surface area contributed by atoms with Crippen LogP contribution in [0.2, 0.25) is 0 Å². The molecule has 2 atom stereocenters. The highest BCUT2D eigenvalue weighted by atomic mass is 79.9. The summed E-state index contributed by atoms with van der Waals surface area (Å²) in [6, 6.07) is 4.58. The van der Waals surface area contributed by atoms with Crippen molar-refractivity contribution in [2.45, 2.75) is 26.3 Å². The molecule has 0 spiro atoms. The Balaban J connectivity index is 2.22. The Kier molecular flexibility index (Phi) is 5.08. The predicted molar refractivity (Wildman–Crippen MR) is 83.0 cm³/mol. The summed E-state index contributed by atoms with van der Waals surface area (Å²) in [6.45, 7) is 4.08. The van der Waals surface area contributed by atoms with Gasteiger partial charge in [0.05, 0.1) is 11.7 Å². The van der Waals surface area contributed by atoms with Crippen LogP contribution in [0.15, 0.2) is 27.7 Å². The van der Waals surface area contributed by atoms with Crippen molar-refractivity contribution in [1.29, 1.82) is 0 Å². The van der Waals surface area contributed by atoms with E-state index in [-0.39, 0.29) is 17.5 Å². The van der Waals surface area contributed by atoms with Gasteiger partial charge in [-0.15, -0.1) is 13.2 Å². The number of nitrogens with one attached hydrogen (secondary N) is 1. The molecular weight excluding hydrogens is 369 g/mol. The first kappa shape index (κ1) is 16.5. The Morgan fingerprint density at radius 2 is 2.10 bits per heavy atom. The second kappa shape index (κ2) is 6.48. The lowest BCUT2D eigenvalue weighted by Crippen LogP contribution is -2.25. The largest absolute Gasteiger partial charge is 0.573 e. The summed E-state index contributed by atoms with van der Waals surface area (Å²) in [5, 5.41) is 3.52. The van der Waals surface area contributed by atoms with Crippen LogP contribution < -0.4 is 10.1 Å². The van der Waals surface area contributed by atoms with Gasteiger partial charge in [-0.1, -0.05) is 34.6 Å². The number of anilines is 1. The Hall–Kier alpha value is -0.890. The van der Waals surface area contributed by atoms with Crippen LogP contribution in [0.3, 0.4) is 0 Å². The summed E-state index contributed by atoms with van der Waals surface area (Å²) in [6.07, 6.45) is -4.74. The quantitative estimate of drug-likeness (QED) is 0.790. The molecule has 0 amide bonds. The molecule has 0 aromatic heterocycles. The van der Waals surface area contributed by atoms with Crippen molar-refractivity contribution in [3.05, 3.63) is 22.7 Å². The number of benzene rings is 1. The molecule has 3 nitrogen and oxygen atoms in total. The molecule has 0 bridgehead atoms.